The highest BCUT2D eigenvalue weighted by atomic mass is 32.2. The molecule has 9 heteroatoms. The molecule has 0 amide bonds. The average Bonchev–Trinajstić information content (AvgIpc) is 2.91. The minimum Gasteiger partial charge on any atom is -0.504 e. The van der Waals surface area contributed by atoms with Crippen LogP contribution in [0.15, 0.2) is 28.5 Å². The van der Waals surface area contributed by atoms with Crippen LogP contribution in [0.1, 0.15) is 24.7 Å². The highest BCUT2D eigenvalue weighted by molar-refractivity contribution is 7.98. The van der Waals surface area contributed by atoms with Crippen molar-refractivity contribution in [3.8, 4) is 11.5 Å². The summed E-state index contributed by atoms with van der Waals surface area (Å²) in [6.45, 7) is 2.18. The Morgan fingerprint density at radius 3 is 2.86 bits per heavy atom. The van der Waals surface area contributed by atoms with Crippen LogP contribution in [0.2, 0.25) is 0 Å². The Kier molecular flexibility index (Phi) is 5.31. The van der Waals surface area contributed by atoms with Gasteiger partial charge in [-0.25, -0.2) is 8.78 Å². The lowest BCUT2D eigenvalue weighted by molar-refractivity contribution is 0.135. The van der Waals surface area contributed by atoms with Gasteiger partial charge in [0.15, 0.2) is 11.5 Å². The minimum atomic E-state index is -2.77. The Balaban J connectivity index is 2.32. The van der Waals surface area contributed by atoms with Gasteiger partial charge in [0.2, 0.25) is 11.0 Å². The van der Waals surface area contributed by atoms with Crippen LogP contribution in [0.3, 0.4) is 0 Å². The number of hydrogen-bond acceptors (Lipinski definition) is 6. The number of phenolic OH excluding ortho intramolecular Hbond substituents is 1. The fourth-order valence-electron chi connectivity index (χ4n) is 1.66. The second-order valence-electron chi connectivity index (χ2n) is 4.06. The van der Waals surface area contributed by atoms with Gasteiger partial charge in [-0.3, -0.25) is 0 Å². The molecule has 22 heavy (non-hydrogen) atoms. The zero-order chi connectivity index (χ0) is 16.1. The normalized spacial score (nSPS) is 11.5. The summed E-state index contributed by atoms with van der Waals surface area (Å²) in [6, 6.07) is 4.60. The molecule has 1 aromatic carbocycles. The maximum absolute atomic E-state index is 12.9. The van der Waals surface area contributed by atoms with E-state index in [1.807, 2.05) is 0 Å². The number of hydrogen-bond donors (Lipinski definition) is 1. The van der Waals surface area contributed by atoms with Crippen molar-refractivity contribution in [1.29, 1.82) is 0 Å². The Labute approximate surface area is 129 Å². The third-order valence-electron chi connectivity index (χ3n) is 2.62. The molecule has 0 atom stereocenters. The maximum atomic E-state index is 12.9. The van der Waals surface area contributed by atoms with Crippen LogP contribution in [0, 0.1) is 0 Å². The summed E-state index contributed by atoms with van der Waals surface area (Å²) in [5.41, 5.74) is 0.585. The number of benzene rings is 1. The number of nitrogens with zero attached hydrogens (tertiary/aromatic N) is 4. The van der Waals surface area contributed by atoms with Gasteiger partial charge in [-0.1, -0.05) is 11.8 Å². The molecule has 0 bridgehead atoms. The standard InChI is InChI=1S/C13H14F2N4O2S/c1-3-21-10-6-8(4-5-9(10)20)7-16-19-12(11(14)15)17-18-13(19)22-2/h4-7,11,20H,3H2,1-2H3/b16-7-. The second-order valence-corrected chi connectivity index (χ2v) is 4.84. The number of rotatable bonds is 6. The molecule has 0 aliphatic rings. The van der Waals surface area contributed by atoms with Gasteiger partial charge in [-0.2, -0.15) is 9.78 Å². The van der Waals surface area contributed by atoms with Crippen LogP contribution in [-0.4, -0.2) is 39.1 Å². The number of ether oxygens (including phenoxy) is 1. The van der Waals surface area contributed by atoms with Crippen LogP contribution in [0.25, 0.3) is 0 Å². The van der Waals surface area contributed by atoms with Crippen LogP contribution >= 0.6 is 11.8 Å². The highest BCUT2D eigenvalue weighted by Crippen LogP contribution is 2.26. The lowest BCUT2D eigenvalue weighted by Gasteiger charge is -2.06. The Morgan fingerprint density at radius 1 is 1.45 bits per heavy atom. The average molecular weight is 328 g/mol. The van der Waals surface area contributed by atoms with Gasteiger partial charge in [0.1, 0.15) is 0 Å². The Hall–Kier alpha value is -2.16. The number of aromatic nitrogens is 3. The SMILES string of the molecule is CCOc1cc(/C=N\n2c(SC)nnc2C(F)F)ccc1O. The van der Waals surface area contributed by atoms with Crippen molar-refractivity contribution in [2.45, 2.75) is 18.5 Å². The molecule has 0 unspecified atom stereocenters. The van der Waals surface area contributed by atoms with E-state index in [0.717, 1.165) is 16.4 Å². The van der Waals surface area contributed by atoms with Crippen molar-refractivity contribution in [3.63, 3.8) is 0 Å². The van der Waals surface area contributed by atoms with Crippen molar-refractivity contribution in [2.75, 3.05) is 12.9 Å². The Bertz CT molecular complexity index is 676. The first kappa shape index (κ1) is 16.2. The quantitative estimate of drug-likeness (QED) is 0.652. The number of aromatic hydroxyl groups is 1. The maximum Gasteiger partial charge on any atom is 0.299 e. The molecular weight excluding hydrogens is 314 g/mol. The van der Waals surface area contributed by atoms with E-state index in [0.29, 0.717) is 17.9 Å². The topological polar surface area (TPSA) is 72.5 Å². The first-order valence-electron chi connectivity index (χ1n) is 6.34. The Morgan fingerprint density at radius 2 is 2.23 bits per heavy atom. The van der Waals surface area contributed by atoms with Crippen molar-refractivity contribution in [2.24, 2.45) is 5.10 Å². The molecule has 0 radical (unpaired) electrons. The van der Waals surface area contributed by atoms with Crippen molar-refractivity contribution in [3.05, 3.63) is 29.6 Å². The van der Waals surface area contributed by atoms with E-state index in [1.165, 1.54) is 12.3 Å². The number of thioether (sulfide) groups is 1. The van der Waals surface area contributed by atoms with Crippen LogP contribution < -0.4 is 4.74 Å². The third kappa shape index (κ3) is 3.53. The van der Waals surface area contributed by atoms with Gasteiger partial charge in [0.25, 0.3) is 6.43 Å². The zero-order valence-corrected chi connectivity index (χ0v) is 12.7. The van der Waals surface area contributed by atoms with Gasteiger partial charge in [-0.05, 0) is 36.9 Å². The molecule has 1 N–H and O–H groups in total. The summed E-state index contributed by atoms with van der Waals surface area (Å²) < 4.78 is 32.0. The summed E-state index contributed by atoms with van der Waals surface area (Å²) in [6.07, 6.45) is 0.292. The van der Waals surface area contributed by atoms with Crippen molar-refractivity contribution in [1.82, 2.24) is 14.9 Å². The molecule has 0 spiro atoms. The molecule has 0 aliphatic carbocycles. The number of alkyl halides is 2. The van der Waals surface area contributed by atoms with Crippen LogP contribution in [-0.2, 0) is 0 Å². The molecule has 0 saturated heterocycles. The molecule has 1 heterocycles. The van der Waals surface area contributed by atoms with Gasteiger partial charge in [0.05, 0.1) is 12.8 Å². The molecule has 118 valence electrons. The lowest BCUT2D eigenvalue weighted by Crippen LogP contribution is -2.00. The summed E-state index contributed by atoms with van der Waals surface area (Å²) in [4.78, 5) is 0. The predicted molar refractivity (Wildman–Crippen MR) is 79.0 cm³/mol. The van der Waals surface area contributed by atoms with E-state index in [-0.39, 0.29) is 10.9 Å². The van der Waals surface area contributed by atoms with E-state index >= 15 is 0 Å². The summed E-state index contributed by atoms with van der Waals surface area (Å²) in [5, 5.41) is 20.9. The summed E-state index contributed by atoms with van der Waals surface area (Å²) in [7, 11) is 0. The lowest BCUT2D eigenvalue weighted by atomic mass is 10.2. The smallest absolute Gasteiger partial charge is 0.299 e. The summed E-state index contributed by atoms with van der Waals surface area (Å²) >= 11 is 1.16. The number of halogens is 2. The largest absolute Gasteiger partial charge is 0.504 e. The van der Waals surface area contributed by atoms with Gasteiger partial charge in [0, 0.05) is 0 Å². The first-order chi connectivity index (χ1) is 10.6. The molecule has 0 saturated carbocycles. The number of phenols is 1. The molecule has 2 aromatic rings. The fourth-order valence-corrected chi connectivity index (χ4v) is 2.09. The van der Waals surface area contributed by atoms with Crippen molar-refractivity contribution >= 4 is 18.0 Å². The molecule has 0 aliphatic heterocycles. The monoisotopic (exact) mass is 328 g/mol. The van der Waals surface area contributed by atoms with Gasteiger partial charge in [-0.15, -0.1) is 10.2 Å². The molecule has 6 nitrogen and oxygen atoms in total. The first-order valence-corrected chi connectivity index (χ1v) is 7.57. The van der Waals surface area contributed by atoms with E-state index in [9.17, 15) is 13.9 Å². The van der Waals surface area contributed by atoms with Gasteiger partial charge >= 0.3 is 0 Å². The van der Waals surface area contributed by atoms with Crippen LogP contribution in [0.5, 0.6) is 11.5 Å². The predicted octanol–water partition coefficient (Wildman–Crippen LogP) is 2.92. The molecule has 2 rings (SSSR count). The minimum absolute atomic E-state index is 0.00127. The van der Waals surface area contributed by atoms with Gasteiger partial charge < -0.3 is 9.84 Å². The van der Waals surface area contributed by atoms with Crippen molar-refractivity contribution < 1.29 is 18.6 Å². The van der Waals surface area contributed by atoms with E-state index in [2.05, 4.69) is 15.3 Å². The summed E-state index contributed by atoms with van der Waals surface area (Å²) in [5.74, 6) is -0.222. The molecule has 1 aromatic heterocycles. The van der Waals surface area contributed by atoms with E-state index in [4.69, 9.17) is 4.74 Å². The zero-order valence-electron chi connectivity index (χ0n) is 11.9. The molecular formula is C13H14F2N4O2S. The van der Waals surface area contributed by atoms with E-state index in [1.54, 1.807) is 25.3 Å². The fraction of sp³-hybridized carbons (Fsp3) is 0.308. The molecule has 0 fully saturated rings. The van der Waals surface area contributed by atoms with E-state index < -0.39 is 12.2 Å². The van der Waals surface area contributed by atoms with Crippen LogP contribution in [0.4, 0.5) is 8.78 Å². The third-order valence-corrected chi connectivity index (χ3v) is 3.24. The second kappa shape index (κ2) is 7.21. The highest BCUT2D eigenvalue weighted by Gasteiger charge is 2.19.